The van der Waals surface area contributed by atoms with Crippen molar-refractivity contribution in [2.45, 2.75) is 12.3 Å². The SMILES string of the molecule is CCNC(=O)N1CCSCC1S(C)(=O)=O. The summed E-state index contributed by atoms with van der Waals surface area (Å²) in [6.45, 7) is 2.82. The van der Waals surface area contributed by atoms with Crippen LogP contribution >= 0.6 is 11.8 Å². The van der Waals surface area contributed by atoms with Gasteiger partial charge in [0.15, 0.2) is 9.84 Å². The van der Waals surface area contributed by atoms with E-state index in [1.54, 1.807) is 11.8 Å². The molecular weight excluding hydrogens is 236 g/mol. The lowest BCUT2D eigenvalue weighted by Crippen LogP contribution is -2.53. The molecule has 0 spiro atoms. The van der Waals surface area contributed by atoms with Gasteiger partial charge in [0.1, 0.15) is 5.37 Å². The maximum absolute atomic E-state index is 11.6. The van der Waals surface area contributed by atoms with E-state index in [0.717, 1.165) is 5.75 Å². The van der Waals surface area contributed by atoms with Gasteiger partial charge in [0.05, 0.1) is 0 Å². The van der Waals surface area contributed by atoms with Gasteiger partial charge in [-0.25, -0.2) is 13.2 Å². The standard InChI is InChI=1S/C8H16N2O3S2/c1-3-9-8(11)10-4-5-14-6-7(10)15(2,12)13/h7H,3-6H2,1-2H3,(H,9,11). The fraction of sp³-hybridized carbons (Fsp3) is 0.875. The third-order valence-corrected chi connectivity index (χ3v) is 4.81. The second-order valence-electron chi connectivity index (χ2n) is 3.39. The van der Waals surface area contributed by atoms with Crippen LogP contribution < -0.4 is 5.32 Å². The van der Waals surface area contributed by atoms with Gasteiger partial charge in [0, 0.05) is 30.9 Å². The number of hydrogen-bond donors (Lipinski definition) is 1. The molecule has 1 N–H and O–H groups in total. The molecule has 0 aliphatic carbocycles. The Bertz CT molecular complexity index is 329. The highest BCUT2D eigenvalue weighted by Crippen LogP contribution is 2.20. The number of carbonyl (C=O) groups is 1. The number of nitrogens with zero attached hydrogens (tertiary/aromatic N) is 1. The zero-order valence-corrected chi connectivity index (χ0v) is 10.5. The molecule has 0 bridgehead atoms. The van der Waals surface area contributed by atoms with Crippen molar-refractivity contribution >= 4 is 27.6 Å². The van der Waals surface area contributed by atoms with Crippen LogP contribution in [0.25, 0.3) is 0 Å². The largest absolute Gasteiger partial charge is 0.338 e. The Kier molecular flexibility index (Phi) is 4.27. The van der Waals surface area contributed by atoms with E-state index in [-0.39, 0.29) is 6.03 Å². The summed E-state index contributed by atoms with van der Waals surface area (Å²) >= 11 is 1.57. The van der Waals surface area contributed by atoms with Gasteiger partial charge in [0.25, 0.3) is 0 Å². The summed E-state index contributed by atoms with van der Waals surface area (Å²) < 4.78 is 22.9. The molecule has 1 heterocycles. The maximum atomic E-state index is 11.6. The van der Waals surface area contributed by atoms with Crippen LogP contribution in [0.5, 0.6) is 0 Å². The third kappa shape index (κ3) is 3.27. The monoisotopic (exact) mass is 252 g/mol. The molecule has 2 amide bonds. The topological polar surface area (TPSA) is 66.5 Å². The van der Waals surface area contributed by atoms with Gasteiger partial charge in [-0.15, -0.1) is 0 Å². The van der Waals surface area contributed by atoms with Crippen LogP contribution in [0.2, 0.25) is 0 Å². The lowest BCUT2D eigenvalue weighted by Gasteiger charge is -2.33. The van der Waals surface area contributed by atoms with Gasteiger partial charge < -0.3 is 10.2 Å². The Morgan fingerprint density at radius 1 is 1.60 bits per heavy atom. The van der Waals surface area contributed by atoms with E-state index in [0.29, 0.717) is 18.8 Å². The molecule has 0 aromatic rings. The van der Waals surface area contributed by atoms with E-state index in [9.17, 15) is 13.2 Å². The molecule has 15 heavy (non-hydrogen) atoms. The van der Waals surface area contributed by atoms with E-state index >= 15 is 0 Å². The number of nitrogens with one attached hydrogen (secondary N) is 1. The quantitative estimate of drug-likeness (QED) is 0.759. The Labute approximate surface area is 94.5 Å². The number of thioether (sulfide) groups is 1. The smallest absolute Gasteiger partial charge is 0.318 e. The maximum Gasteiger partial charge on any atom is 0.318 e. The minimum Gasteiger partial charge on any atom is -0.338 e. The Balaban J connectivity index is 2.79. The first kappa shape index (κ1) is 12.6. The Morgan fingerprint density at radius 3 is 2.80 bits per heavy atom. The van der Waals surface area contributed by atoms with Gasteiger partial charge in [0.2, 0.25) is 0 Å². The van der Waals surface area contributed by atoms with Gasteiger partial charge in [-0.05, 0) is 6.92 Å². The molecule has 0 aromatic heterocycles. The first-order valence-corrected chi connectivity index (χ1v) is 7.88. The summed E-state index contributed by atoms with van der Waals surface area (Å²) in [5.41, 5.74) is 0. The molecule has 7 heteroatoms. The van der Waals surface area contributed by atoms with Crippen LogP contribution in [0.3, 0.4) is 0 Å². The van der Waals surface area contributed by atoms with Crippen molar-refractivity contribution in [1.29, 1.82) is 0 Å². The molecule has 1 saturated heterocycles. The average Bonchev–Trinajstić information content (AvgIpc) is 2.17. The lowest BCUT2D eigenvalue weighted by molar-refractivity contribution is 0.197. The van der Waals surface area contributed by atoms with E-state index in [1.807, 2.05) is 6.92 Å². The molecule has 0 radical (unpaired) electrons. The summed E-state index contributed by atoms with van der Waals surface area (Å²) in [6, 6.07) is -0.284. The average molecular weight is 252 g/mol. The van der Waals surface area contributed by atoms with Gasteiger partial charge in [-0.3, -0.25) is 0 Å². The normalized spacial score (nSPS) is 22.5. The van der Waals surface area contributed by atoms with E-state index in [2.05, 4.69) is 5.32 Å². The molecule has 0 aromatic carbocycles. The molecule has 1 aliphatic rings. The number of carbonyl (C=O) groups excluding carboxylic acids is 1. The van der Waals surface area contributed by atoms with Gasteiger partial charge in [-0.2, -0.15) is 11.8 Å². The Hall–Kier alpha value is -0.430. The summed E-state index contributed by atoms with van der Waals surface area (Å²) in [5, 5.41) is 1.95. The van der Waals surface area contributed by atoms with Gasteiger partial charge >= 0.3 is 6.03 Å². The van der Waals surface area contributed by atoms with Crippen molar-refractivity contribution < 1.29 is 13.2 Å². The third-order valence-electron chi connectivity index (χ3n) is 2.17. The van der Waals surface area contributed by atoms with E-state index < -0.39 is 15.2 Å². The van der Waals surface area contributed by atoms with Crippen LogP contribution in [0.1, 0.15) is 6.92 Å². The fourth-order valence-corrected chi connectivity index (χ4v) is 4.24. The molecular formula is C8H16N2O3S2. The van der Waals surface area contributed by atoms with Crippen LogP contribution in [0.15, 0.2) is 0 Å². The molecule has 1 unspecified atom stereocenters. The fourth-order valence-electron chi connectivity index (χ4n) is 1.42. The van der Waals surface area contributed by atoms with E-state index in [4.69, 9.17) is 0 Å². The van der Waals surface area contributed by atoms with Crippen molar-refractivity contribution in [3.8, 4) is 0 Å². The summed E-state index contributed by atoms with van der Waals surface area (Å²) in [7, 11) is -3.19. The zero-order chi connectivity index (χ0) is 11.5. The second-order valence-corrected chi connectivity index (χ2v) is 6.74. The highest BCUT2D eigenvalue weighted by atomic mass is 32.2. The second kappa shape index (κ2) is 5.07. The van der Waals surface area contributed by atoms with Crippen molar-refractivity contribution in [2.75, 3.05) is 30.9 Å². The molecule has 5 nitrogen and oxygen atoms in total. The van der Waals surface area contributed by atoms with Crippen molar-refractivity contribution in [3.63, 3.8) is 0 Å². The molecule has 1 aliphatic heterocycles. The zero-order valence-electron chi connectivity index (χ0n) is 8.89. The lowest BCUT2D eigenvalue weighted by atomic mass is 10.5. The number of sulfone groups is 1. The minimum absolute atomic E-state index is 0.284. The van der Waals surface area contributed by atoms with Crippen molar-refractivity contribution in [2.24, 2.45) is 0 Å². The first-order chi connectivity index (χ1) is 6.96. The van der Waals surface area contributed by atoms with Crippen LogP contribution in [0.4, 0.5) is 4.79 Å². The summed E-state index contributed by atoms with van der Waals surface area (Å²) in [5.74, 6) is 1.26. The van der Waals surface area contributed by atoms with E-state index in [1.165, 1.54) is 11.2 Å². The van der Waals surface area contributed by atoms with Crippen molar-refractivity contribution in [3.05, 3.63) is 0 Å². The highest BCUT2D eigenvalue weighted by molar-refractivity contribution is 8.00. The predicted molar refractivity (Wildman–Crippen MR) is 61.7 cm³/mol. The van der Waals surface area contributed by atoms with Gasteiger partial charge in [-0.1, -0.05) is 0 Å². The van der Waals surface area contributed by atoms with Crippen LogP contribution in [0, 0.1) is 0 Å². The molecule has 1 atom stereocenters. The molecule has 0 saturated carbocycles. The molecule has 88 valence electrons. The van der Waals surface area contributed by atoms with Crippen molar-refractivity contribution in [1.82, 2.24) is 10.2 Å². The molecule has 1 rings (SSSR count). The number of amides is 2. The number of urea groups is 1. The number of rotatable bonds is 2. The summed E-state index contributed by atoms with van der Waals surface area (Å²) in [6.07, 6.45) is 1.18. The molecule has 1 fully saturated rings. The number of hydrogen-bond acceptors (Lipinski definition) is 4. The van der Waals surface area contributed by atoms with Crippen LogP contribution in [-0.2, 0) is 9.84 Å². The van der Waals surface area contributed by atoms with Crippen LogP contribution in [-0.4, -0.2) is 55.6 Å². The predicted octanol–water partition coefficient (Wildman–Crippen LogP) is 0.135. The Morgan fingerprint density at radius 2 is 2.27 bits per heavy atom. The minimum atomic E-state index is -3.19. The highest BCUT2D eigenvalue weighted by Gasteiger charge is 2.33. The summed E-state index contributed by atoms with van der Waals surface area (Å²) in [4.78, 5) is 13.0. The first-order valence-electron chi connectivity index (χ1n) is 4.78.